The molecule has 116 valence electrons. The summed E-state index contributed by atoms with van der Waals surface area (Å²) in [5, 5.41) is 1.76. The molecule has 4 heteroatoms. The van der Waals surface area contributed by atoms with E-state index < -0.39 is 0 Å². The molecule has 0 spiro atoms. The van der Waals surface area contributed by atoms with Gasteiger partial charge in [0.15, 0.2) is 0 Å². The van der Waals surface area contributed by atoms with Crippen LogP contribution >= 0.6 is 0 Å². The average Bonchev–Trinajstić information content (AvgIpc) is 2.59. The molecule has 0 saturated heterocycles. The van der Waals surface area contributed by atoms with Crippen molar-refractivity contribution in [3.05, 3.63) is 65.5 Å². The number of fused-ring (bicyclic) bond motifs is 1. The normalized spacial score (nSPS) is 10.6. The summed E-state index contributed by atoms with van der Waals surface area (Å²) in [6, 6.07) is 14.6. The van der Waals surface area contributed by atoms with Crippen molar-refractivity contribution in [2.24, 2.45) is 0 Å². The quantitative estimate of drug-likeness (QED) is 0.688. The zero-order chi connectivity index (χ0) is 16.4. The van der Waals surface area contributed by atoms with Crippen molar-refractivity contribution in [3.8, 4) is 11.5 Å². The van der Waals surface area contributed by atoms with Crippen LogP contribution in [0.3, 0.4) is 0 Å². The first-order valence-electron chi connectivity index (χ1n) is 7.26. The lowest BCUT2D eigenvalue weighted by molar-refractivity contribution is 0.103. The van der Waals surface area contributed by atoms with E-state index in [1.54, 1.807) is 38.5 Å². The number of pyridine rings is 1. The molecule has 0 radical (unpaired) electrons. The first-order valence-corrected chi connectivity index (χ1v) is 7.26. The molecule has 0 N–H and O–H groups in total. The molecule has 4 nitrogen and oxygen atoms in total. The van der Waals surface area contributed by atoms with Gasteiger partial charge in [0.2, 0.25) is 5.78 Å². The third kappa shape index (κ3) is 2.88. The average molecular weight is 307 g/mol. The summed E-state index contributed by atoms with van der Waals surface area (Å²) in [6.07, 6.45) is 0. The minimum absolute atomic E-state index is 0.105. The molecule has 0 aliphatic carbocycles. The van der Waals surface area contributed by atoms with Crippen molar-refractivity contribution in [2.45, 2.75) is 6.92 Å². The number of carbonyl (C=O) groups excluding carboxylic acids is 1. The van der Waals surface area contributed by atoms with E-state index in [0.717, 1.165) is 22.2 Å². The van der Waals surface area contributed by atoms with Crippen molar-refractivity contribution in [1.82, 2.24) is 4.98 Å². The van der Waals surface area contributed by atoms with Crippen LogP contribution in [-0.2, 0) is 0 Å². The molecule has 0 aliphatic rings. The molecular weight excluding hydrogens is 290 g/mol. The smallest absolute Gasteiger partial charge is 0.211 e. The lowest BCUT2D eigenvalue weighted by Gasteiger charge is -2.09. The van der Waals surface area contributed by atoms with Crippen LogP contribution < -0.4 is 9.47 Å². The van der Waals surface area contributed by atoms with Gasteiger partial charge in [-0.05, 0) is 60.8 Å². The van der Waals surface area contributed by atoms with E-state index in [9.17, 15) is 4.79 Å². The molecule has 0 unspecified atom stereocenters. The molecule has 0 atom stereocenters. The Labute approximate surface area is 134 Å². The largest absolute Gasteiger partial charge is 0.497 e. The van der Waals surface area contributed by atoms with Gasteiger partial charge >= 0.3 is 0 Å². The molecule has 0 saturated carbocycles. The molecular formula is C19H17NO3. The summed E-state index contributed by atoms with van der Waals surface area (Å²) in [5.41, 5.74) is 1.83. The third-order valence-corrected chi connectivity index (χ3v) is 3.73. The van der Waals surface area contributed by atoms with Crippen molar-refractivity contribution >= 4 is 16.6 Å². The van der Waals surface area contributed by atoms with E-state index in [1.165, 1.54) is 0 Å². The van der Waals surface area contributed by atoms with Crippen LogP contribution in [0.2, 0.25) is 0 Å². The summed E-state index contributed by atoms with van der Waals surface area (Å²) >= 11 is 0. The van der Waals surface area contributed by atoms with Gasteiger partial charge in [-0.3, -0.25) is 4.79 Å². The standard InChI is InChI=1S/C19H17NO3/c1-12-10-14-11-16(23-3)8-9-17(14)18(20-12)19(21)13-4-6-15(22-2)7-5-13/h4-11H,1-3H3. The maximum atomic E-state index is 12.8. The predicted octanol–water partition coefficient (Wildman–Crippen LogP) is 3.79. The van der Waals surface area contributed by atoms with Crippen molar-refractivity contribution in [3.63, 3.8) is 0 Å². The number of ketones is 1. The highest BCUT2D eigenvalue weighted by molar-refractivity contribution is 6.15. The van der Waals surface area contributed by atoms with Crippen LogP contribution in [0.4, 0.5) is 0 Å². The summed E-state index contributed by atoms with van der Waals surface area (Å²) < 4.78 is 10.4. The monoisotopic (exact) mass is 307 g/mol. The number of rotatable bonds is 4. The second-order valence-corrected chi connectivity index (χ2v) is 5.26. The van der Waals surface area contributed by atoms with Crippen molar-refractivity contribution in [2.75, 3.05) is 14.2 Å². The van der Waals surface area contributed by atoms with Gasteiger partial charge in [0.25, 0.3) is 0 Å². The van der Waals surface area contributed by atoms with Crippen LogP contribution in [0.1, 0.15) is 21.7 Å². The molecule has 0 fully saturated rings. The lowest BCUT2D eigenvalue weighted by atomic mass is 10.0. The third-order valence-electron chi connectivity index (χ3n) is 3.73. The molecule has 0 aliphatic heterocycles. The van der Waals surface area contributed by atoms with E-state index >= 15 is 0 Å². The van der Waals surface area contributed by atoms with Gasteiger partial charge in [0.1, 0.15) is 17.2 Å². The van der Waals surface area contributed by atoms with Crippen LogP contribution in [-0.4, -0.2) is 25.0 Å². The van der Waals surface area contributed by atoms with Crippen LogP contribution in [0.5, 0.6) is 11.5 Å². The molecule has 1 aromatic heterocycles. The topological polar surface area (TPSA) is 48.4 Å². The number of aromatic nitrogens is 1. The number of hydrogen-bond donors (Lipinski definition) is 0. The van der Waals surface area contributed by atoms with E-state index in [2.05, 4.69) is 4.98 Å². The van der Waals surface area contributed by atoms with Gasteiger partial charge < -0.3 is 9.47 Å². The SMILES string of the molecule is COc1ccc(C(=O)c2nc(C)cc3cc(OC)ccc23)cc1. The molecule has 2 aromatic carbocycles. The maximum Gasteiger partial charge on any atom is 0.211 e. The Balaban J connectivity index is 2.12. The molecule has 1 heterocycles. The first kappa shape index (κ1) is 15.0. The van der Waals surface area contributed by atoms with Gasteiger partial charge in [0.05, 0.1) is 14.2 Å². The predicted molar refractivity (Wildman–Crippen MR) is 89.5 cm³/mol. The van der Waals surface area contributed by atoms with Crippen molar-refractivity contribution < 1.29 is 14.3 Å². The highest BCUT2D eigenvalue weighted by Crippen LogP contribution is 2.25. The molecule has 0 amide bonds. The summed E-state index contributed by atoms with van der Waals surface area (Å²) in [4.78, 5) is 17.3. The Kier molecular flexibility index (Phi) is 3.98. The number of aryl methyl sites for hydroxylation is 1. The van der Waals surface area contributed by atoms with E-state index in [-0.39, 0.29) is 5.78 Å². The molecule has 3 aromatic rings. The maximum absolute atomic E-state index is 12.8. The zero-order valence-electron chi connectivity index (χ0n) is 13.3. The first-order chi connectivity index (χ1) is 11.1. The van der Waals surface area contributed by atoms with Crippen LogP contribution in [0.15, 0.2) is 48.5 Å². The number of methoxy groups -OCH3 is 2. The second kappa shape index (κ2) is 6.08. The fraction of sp³-hybridized carbons (Fsp3) is 0.158. The number of carbonyl (C=O) groups is 1. The van der Waals surface area contributed by atoms with Gasteiger partial charge in [0, 0.05) is 16.6 Å². The van der Waals surface area contributed by atoms with Crippen LogP contribution in [0, 0.1) is 6.92 Å². The van der Waals surface area contributed by atoms with E-state index in [1.807, 2.05) is 31.2 Å². The van der Waals surface area contributed by atoms with E-state index in [4.69, 9.17) is 9.47 Å². The van der Waals surface area contributed by atoms with Crippen molar-refractivity contribution in [1.29, 1.82) is 0 Å². The minimum Gasteiger partial charge on any atom is -0.497 e. The number of ether oxygens (including phenoxy) is 2. The number of hydrogen-bond acceptors (Lipinski definition) is 4. The van der Waals surface area contributed by atoms with Gasteiger partial charge in [-0.2, -0.15) is 0 Å². The van der Waals surface area contributed by atoms with Gasteiger partial charge in [-0.15, -0.1) is 0 Å². The fourth-order valence-electron chi connectivity index (χ4n) is 2.55. The zero-order valence-corrected chi connectivity index (χ0v) is 13.3. The van der Waals surface area contributed by atoms with Gasteiger partial charge in [-0.1, -0.05) is 0 Å². The summed E-state index contributed by atoms with van der Waals surface area (Å²) in [6.45, 7) is 1.88. The van der Waals surface area contributed by atoms with E-state index in [0.29, 0.717) is 17.0 Å². The fourth-order valence-corrected chi connectivity index (χ4v) is 2.55. The molecule has 3 rings (SSSR count). The second-order valence-electron chi connectivity index (χ2n) is 5.26. The highest BCUT2D eigenvalue weighted by atomic mass is 16.5. The lowest BCUT2D eigenvalue weighted by Crippen LogP contribution is -2.06. The Bertz CT molecular complexity index is 870. The molecule has 0 bridgehead atoms. The highest BCUT2D eigenvalue weighted by Gasteiger charge is 2.15. The summed E-state index contributed by atoms with van der Waals surface area (Å²) in [5.74, 6) is 1.37. The Morgan fingerprint density at radius 3 is 2.22 bits per heavy atom. The molecule has 23 heavy (non-hydrogen) atoms. The Hall–Kier alpha value is -2.88. The van der Waals surface area contributed by atoms with Crippen LogP contribution in [0.25, 0.3) is 10.8 Å². The number of benzene rings is 2. The minimum atomic E-state index is -0.105. The Morgan fingerprint density at radius 1 is 0.913 bits per heavy atom. The van der Waals surface area contributed by atoms with Gasteiger partial charge in [-0.25, -0.2) is 4.98 Å². The number of nitrogens with zero attached hydrogens (tertiary/aromatic N) is 1. The summed E-state index contributed by atoms with van der Waals surface area (Å²) in [7, 11) is 3.22. The Morgan fingerprint density at radius 2 is 1.57 bits per heavy atom.